The number of nitrogens with zero attached hydrogens (tertiary/aromatic N) is 2. The summed E-state index contributed by atoms with van der Waals surface area (Å²) in [4.78, 5) is 126. The summed E-state index contributed by atoms with van der Waals surface area (Å²) in [5.74, 6) is -0.362. The zero-order valence-corrected chi connectivity index (χ0v) is 72.4. The van der Waals surface area contributed by atoms with Gasteiger partial charge in [-0.15, -0.1) is 0 Å². The van der Waals surface area contributed by atoms with Gasteiger partial charge in [0.05, 0.1) is 32.9 Å². The van der Waals surface area contributed by atoms with Gasteiger partial charge in [0.15, 0.2) is 10.9 Å². The molecule has 0 unspecified atom stereocenters. The summed E-state index contributed by atoms with van der Waals surface area (Å²) >= 11 is 0. The number of amides is 2. The van der Waals surface area contributed by atoms with Crippen molar-refractivity contribution in [3.05, 3.63) is 375 Å². The van der Waals surface area contributed by atoms with Crippen molar-refractivity contribution in [1.82, 2.24) is 9.13 Å². The quantitative estimate of drug-likeness (QED) is 0.0631. The highest BCUT2D eigenvalue weighted by molar-refractivity contribution is 7.73. The second-order valence-electron chi connectivity index (χ2n) is 36.1. The van der Waals surface area contributed by atoms with Gasteiger partial charge in [0.2, 0.25) is 11.8 Å². The van der Waals surface area contributed by atoms with Crippen molar-refractivity contribution in [2.75, 3.05) is 23.0 Å². The average molecular weight is 1640 g/mol. The molecule has 0 saturated carbocycles. The third kappa shape index (κ3) is 15.2. The average Bonchev–Trinajstić information content (AvgIpc) is 1.40. The summed E-state index contributed by atoms with van der Waals surface area (Å²) < 4.78 is 2.37. The van der Waals surface area contributed by atoms with Gasteiger partial charge < -0.3 is 10.6 Å². The van der Waals surface area contributed by atoms with Gasteiger partial charge in [0.1, 0.15) is 0 Å². The van der Waals surface area contributed by atoms with E-state index < -0.39 is 48.9 Å². The van der Waals surface area contributed by atoms with Crippen LogP contribution in [0.15, 0.2) is 320 Å². The number of aromatic nitrogens is 2. The maximum atomic E-state index is 16.6. The molecular formula is C108H94N4O8P2. The van der Waals surface area contributed by atoms with E-state index in [0.29, 0.717) is 89.8 Å². The Kier molecular flexibility index (Phi) is 21.3. The minimum Gasteiger partial charge on any atom is -0.326 e. The van der Waals surface area contributed by atoms with Crippen LogP contribution < -0.4 is 64.9 Å². The smallest absolute Gasteiger partial charge is 0.266 e. The van der Waals surface area contributed by atoms with Crippen LogP contribution in [0.1, 0.15) is 118 Å². The SMILES string of the molecule is CC(C)(C)c1ccc(-c2c3cc4c(=O)c5cc6c(-c7ccc(C(C)(C)C)cc7)c7c(=O)n(-c8ccc(NC(=O)CCP(c9ccccc9)c9ccccc9)cc8)c(=O)c7c(-c7ccc(C(C)(C)C)cc7)c6cc5c(=O)c4cc3c(-c3ccc(C(C)(C)C)cc3)c3c(=O)n(-c4ccc(NC(=O)CCP(c5ccccc5)c5ccccc5)cc4)c(=O)c23)cc1. The van der Waals surface area contributed by atoms with E-state index in [9.17, 15) is 9.59 Å². The van der Waals surface area contributed by atoms with Crippen LogP contribution in [0.5, 0.6) is 0 Å². The first-order valence-electron chi connectivity index (χ1n) is 41.6. The fraction of sp³-hybridized carbons (Fsp3) is 0.185. The predicted octanol–water partition coefficient (Wildman–Crippen LogP) is 21.4. The summed E-state index contributed by atoms with van der Waals surface area (Å²) in [6.07, 6.45) is 1.72. The topological polar surface area (TPSA) is 170 Å². The molecule has 17 aromatic rings. The minimum atomic E-state index is -0.840. The molecular weight excluding hydrogens is 1540 g/mol. The Bertz CT molecular complexity index is 6520. The van der Waals surface area contributed by atoms with E-state index in [1.54, 1.807) is 72.8 Å². The van der Waals surface area contributed by atoms with E-state index in [2.05, 4.69) is 142 Å². The van der Waals surface area contributed by atoms with E-state index in [-0.39, 0.29) is 101 Å². The molecule has 2 aromatic heterocycles. The maximum absolute atomic E-state index is 16.6. The minimum absolute atomic E-state index is 0.0654. The molecule has 0 saturated heterocycles. The fourth-order valence-corrected chi connectivity index (χ4v) is 21.9. The number of hydrogen-bond donors (Lipinski definition) is 2. The van der Waals surface area contributed by atoms with Crippen molar-refractivity contribution in [3.63, 3.8) is 0 Å². The van der Waals surface area contributed by atoms with Gasteiger partial charge in [-0.1, -0.05) is 301 Å². The molecule has 0 fully saturated rings. The van der Waals surface area contributed by atoms with Gasteiger partial charge in [-0.3, -0.25) is 38.4 Å². The number of fused-ring (bicyclic) bond motifs is 6. The number of hydrogen-bond acceptors (Lipinski definition) is 8. The Labute approximate surface area is 710 Å². The van der Waals surface area contributed by atoms with E-state index in [4.69, 9.17) is 0 Å². The van der Waals surface area contributed by atoms with Crippen LogP contribution in [-0.4, -0.2) is 33.3 Å². The molecule has 0 bridgehead atoms. The van der Waals surface area contributed by atoms with Gasteiger partial charge in [-0.2, -0.15) is 0 Å². The lowest BCUT2D eigenvalue weighted by Crippen LogP contribution is -2.23. The molecule has 0 spiro atoms. The number of rotatable bonds is 18. The van der Waals surface area contributed by atoms with Gasteiger partial charge in [0.25, 0.3) is 22.2 Å². The van der Waals surface area contributed by atoms with Crippen LogP contribution in [-0.2, 0) is 31.2 Å². The highest BCUT2D eigenvalue weighted by Crippen LogP contribution is 2.48. The second-order valence-corrected chi connectivity index (χ2v) is 40.8. The Morgan fingerprint density at radius 1 is 0.270 bits per heavy atom. The van der Waals surface area contributed by atoms with Crippen molar-refractivity contribution in [1.29, 1.82) is 0 Å². The molecule has 2 heterocycles. The Morgan fingerprint density at radius 2 is 0.484 bits per heavy atom. The lowest BCUT2D eigenvalue weighted by molar-refractivity contribution is -0.116. The highest BCUT2D eigenvalue weighted by Gasteiger charge is 2.33. The third-order valence-corrected chi connectivity index (χ3v) is 28.9. The van der Waals surface area contributed by atoms with Crippen molar-refractivity contribution in [2.24, 2.45) is 0 Å². The lowest BCUT2D eigenvalue weighted by atomic mass is 9.82. The Balaban J connectivity index is 0.869. The molecule has 0 radical (unpaired) electrons. The zero-order valence-electron chi connectivity index (χ0n) is 70.6. The molecule has 122 heavy (non-hydrogen) atoms. The summed E-state index contributed by atoms with van der Waals surface area (Å²) in [6, 6.07) is 93.0. The monoisotopic (exact) mass is 1640 g/mol. The molecule has 12 nitrogen and oxygen atoms in total. The largest absolute Gasteiger partial charge is 0.326 e. The van der Waals surface area contributed by atoms with Crippen LogP contribution in [0, 0.1) is 0 Å². The van der Waals surface area contributed by atoms with Crippen LogP contribution in [0.2, 0.25) is 0 Å². The molecule has 15 aromatic carbocycles. The van der Waals surface area contributed by atoms with Crippen molar-refractivity contribution >= 4 is 125 Å². The van der Waals surface area contributed by atoms with Crippen molar-refractivity contribution < 1.29 is 9.59 Å². The lowest BCUT2D eigenvalue weighted by Gasteiger charge is -2.21. The van der Waals surface area contributed by atoms with Crippen LogP contribution in [0.25, 0.3) is 121 Å². The maximum Gasteiger partial charge on any atom is 0.266 e. The van der Waals surface area contributed by atoms with Crippen LogP contribution in [0.4, 0.5) is 11.4 Å². The van der Waals surface area contributed by atoms with E-state index >= 15 is 28.8 Å². The van der Waals surface area contributed by atoms with Gasteiger partial charge in [0, 0.05) is 68.0 Å². The number of carbonyl (C=O) groups is 2. The molecule has 0 atom stereocenters. The van der Waals surface area contributed by atoms with Crippen molar-refractivity contribution in [2.45, 2.75) is 118 Å². The molecule has 2 amide bonds. The molecule has 0 aliphatic heterocycles. The summed E-state index contributed by atoms with van der Waals surface area (Å²) in [5.41, 5.74) is 5.01. The first-order valence-corrected chi connectivity index (χ1v) is 44.6. The van der Waals surface area contributed by atoms with Crippen LogP contribution >= 0.6 is 15.8 Å². The molecule has 2 N–H and O–H groups in total. The normalized spacial score (nSPS) is 12.3. The highest BCUT2D eigenvalue weighted by atomic mass is 31.1. The zero-order chi connectivity index (χ0) is 85.6. The van der Waals surface area contributed by atoms with E-state index in [0.717, 1.165) is 22.3 Å². The molecule has 17 rings (SSSR count). The summed E-state index contributed by atoms with van der Waals surface area (Å²) in [7, 11) is -1.68. The number of nitrogens with one attached hydrogen (secondary N) is 2. The van der Waals surface area contributed by atoms with Crippen molar-refractivity contribution in [3.8, 4) is 55.9 Å². The van der Waals surface area contributed by atoms with E-state index in [1.807, 2.05) is 170 Å². The Hall–Kier alpha value is -13.0. The summed E-state index contributed by atoms with van der Waals surface area (Å²) in [6.45, 7) is 25.4. The van der Waals surface area contributed by atoms with Gasteiger partial charge in [-0.05, 0) is 210 Å². The standard InChI is InChI=1S/C108H94N4O8P2/c1-105(2,3)69-41-33-65(34-42-69)91-81-61-85-86(62-82(81)92(66-35-43-70(44-36-66)106(4,5)6)96-95(91)101(117)111(102(96)118)75-53-49-73(50-54-75)109-89(113)57-59-121(77-25-17-13-18-26-77)78-27-19-14-20-28-78)100(116)88-64-84-83(63-87(88)99(85)115)93(67-37-45-71(46-38-67)107(7,8)9)97-98(94(84)68-39-47-72(48-40-68)108(10,11)12)104(120)112(103(97)119)76-55-51-74(52-56-76)110-90(114)58-60-122(79-29-21-15-22-30-79)80-31-23-16-24-32-80/h13-56,61-64H,57-60H2,1-12H3,(H,109,113)(H,110,114). The van der Waals surface area contributed by atoms with Gasteiger partial charge in [-0.25, -0.2) is 9.13 Å². The predicted molar refractivity (Wildman–Crippen MR) is 512 cm³/mol. The molecule has 0 aliphatic carbocycles. The summed E-state index contributed by atoms with van der Waals surface area (Å²) in [5, 5.41) is 13.4. The Morgan fingerprint density at radius 3 is 0.689 bits per heavy atom. The second kappa shape index (κ2) is 31.9. The van der Waals surface area contributed by atoms with Crippen LogP contribution in [0.3, 0.4) is 0 Å². The first kappa shape index (κ1) is 81.4. The fourth-order valence-electron chi connectivity index (χ4n) is 17.3. The number of carbonyl (C=O) groups excluding carboxylic acids is 2. The van der Waals surface area contributed by atoms with E-state index in [1.165, 1.54) is 30.4 Å². The molecule has 604 valence electrons. The third-order valence-electron chi connectivity index (χ3n) is 23.9. The molecule has 14 heteroatoms. The number of anilines is 2. The first-order chi connectivity index (χ1) is 58.4. The van der Waals surface area contributed by atoms with Gasteiger partial charge >= 0.3 is 0 Å². The molecule has 0 aliphatic rings. The number of benzene rings is 15.